The lowest BCUT2D eigenvalue weighted by Crippen LogP contribution is -2.53. The number of hydrogen-bond acceptors (Lipinski definition) is 6. The van der Waals surface area contributed by atoms with Gasteiger partial charge in [0.1, 0.15) is 0 Å². The van der Waals surface area contributed by atoms with Crippen LogP contribution in [-0.4, -0.2) is 48.0 Å². The number of carbonyl (C=O) groups is 4. The Kier molecular flexibility index (Phi) is 5.65. The van der Waals surface area contributed by atoms with Gasteiger partial charge in [-0.25, -0.2) is 0 Å². The molecule has 2 aliphatic heterocycles. The van der Waals surface area contributed by atoms with Gasteiger partial charge in [-0.1, -0.05) is 40.5 Å². The van der Waals surface area contributed by atoms with Crippen LogP contribution in [0.4, 0.5) is 0 Å². The first kappa shape index (κ1) is 25.0. The zero-order chi connectivity index (χ0) is 25.2. The van der Waals surface area contributed by atoms with E-state index in [1.54, 1.807) is 0 Å². The van der Waals surface area contributed by atoms with Gasteiger partial charge in [0.25, 0.3) is 11.8 Å². The maximum absolute atomic E-state index is 13.0. The summed E-state index contributed by atoms with van der Waals surface area (Å²) in [7, 11) is 0. The summed E-state index contributed by atoms with van der Waals surface area (Å²) in [6.07, 6.45) is 5.94. The molecule has 2 saturated carbocycles. The largest absolute Gasteiger partial charge is 0.448 e. The Bertz CT molecular complexity index is 854. The van der Waals surface area contributed by atoms with E-state index in [1.165, 1.54) is 0 Å². The van der Waals surface area contributed by atoms with Crippen molar-refractivity contribution >= 4 is 23.8 Å². The van der Waals surface area contributed by atoms with E-state index in [2.05, 4.69) is 10.6 Å². The number of fused-ring (bicyclic) bond motifs is 4. The average molecular weight is 477 g/mol. The van der Waals surface area contributed by atoms with Crippen LogP contribution in [0.5, 0.6) is 0 Å². The van der Waals surface area contributed by atoms with Gasteiger partial charge in [0.15, 0.2) is 11.2 Å². The lowest BCUT2D eigenvalue weighted by atomic mass is 9.66. The maximum atomic E-state index is 13.0. The van der Waals surface area contributed by atoms with Crippen molar-refractivity contribution in [3.8, 4) is 0 Å². The number of carbonyl (C=O) groups excluding carboxylic acids is 4. The van der Waals surface area contributed by atoms with Crippen molar-refractivity contribution in [2.24, 2.45) is 21.7 Å². The maximum Gasteiger partial charge on any atom is 0.313 e. The second kappa shape index (κ2) is 7.69. The van der Waals surface area contributed by atoms with Gasteiger partial charge in [-0.2, -0.15) is 0 Å². The number of esters is 2. The van der Waals surface area contributed by atoms with E-state index in [-0.39, 0.29) is 23.8 Å². The Morgan fingerprint density at radius 1 is 0.647 bits per heavy atom. The Balaban J connectivity index is 1.15. The second-order valence-electron chi connectivity index (χ2n) is 12.3. The van der Waals surface area contributed by atoms with Crippen LogP contribution in [0.25, 0.3) is 0 Å². The normalized spacial score (nSPS) is 38.5. The summed E-state index contributed by atoms with van der Waals surface area (Å²) in [4.78, 5) is 50.6. The predicted octanol–water partition coefficient (Wildman–Crippen LogP) is 3.02. The van der Waals surface area contributed by atoms with Crippen LogP contribution in [0.1, 0.15) is 92.9 Å². The highest BCUT2D eigenvalue weighted by atomic mass is 16.6. The van der Waals surface area contributed by atoms with Crippen molar-refractivity contribution < 1.29 is 28.7 Å². The van der Waals surface area contributed by atoms with Crippen molar-refractivity contribution in [2.45, 2.75) is 104 Å². The Morgan fingerprint density at radius 2 is 1.00 bits per heavy atom. The van der Waals surface area contributed by atoms with Gasteiger partial charge >= 0.3 is 11.9 Å². The predicted molar refractivity (Wildman–Crippen MR) is 124 cm³/mol. The van der Waals surface area contributed by atoms with Crippen molar-refractivity contribution in [3.63, 3.8) is 0 Å². The highest BCUT2D eigenvalue weighted by molar-refractivity contribution is 5.97. The first-order valence-electron chi connectivity index (χ1n) is 12.8. The minimum Gasteiger partial charge on any atom is -0.448 e. The molecule has 34 heavy (non-hydrogen) atoms. The van der Waals surface area contributed by atoms with E-state index in [0.717, 1.165) is 25.7 Å². The van der Waals surface area contributed by atoms with Crippen LogP contribution < -0.4 is 10.6 Å². The van der Waals surface area contributed by atoms with Gasteiger partial charge in [0.05, 0.1) is 10.8 Å². The molecule has 4 atom stereocenters. The zero-order valence-electron chi connectivity index (χ0n) is 21.5. The summed E-state index contributed by atoms with van der Waals surface area (Å²) < 4.78 is 11.3. The molecule has 2 amide bonds. The molecule has 190 valence electrons. The molecule has 0 aromatic carbocycles. The highest BCUT2D eigenvalue weighted by Gasteiger charge is 2.76. The third-order valence-corrected chi connectivity index (χ3v) is 10.6. The summed E-state index contributed by atoms with van der Waals surface area (Å²) in [5.74, 6) is -0.899. The summed E-state index contributed by atoms with van der Waals surface area (Å²) >= 11 is 0. The summed E-state index contributed by atoms with van der Waals surface area (Å²) in [6, 6.07) is 0. The summed E-state index contributed by atoms with van der Waals surface area (Å²) in [5, 5.41) is 5.96. The number of rotatable bonds is 9. The first-order valence-corrected chi connectivity index (χ1v) is 12.8. The van der Waals surface area contributed by atoms with Crippen molar-refractivity contribution in [1.82, 2.24) is 10.6 Å². The van der Waals surface area contributed by atoms with E-state index in [1.807, 2.05) is 41.5 Å². The van der Waals surface area contributed by atoms with Crippen LogP contribution in [0.15, 0.2) is 0 Å². The molecule has 0 radical (unpaired) electrons. The Hall–Kier alpha value is -2.12. The van der Waals surface area contributed by atoms with Crippen LogP contribution in [0.2, 0.25) is 0 Å². The van der Waals surface area contributed by atoms with E-state index in [0.29, 0.717) is 38.8 Å². The summed E-state index contributed by atoms with van der Waals surface area (Å²) in [6.45, 7) is 12.7. The molecule has 8 nitrogen and oxygen atoms in total. The lowest BCUT2D eigenvalue weighted by molar-refractivity contribution is -0.168. The van der Waals surface area contributed by atoms with E-state index >= 15 is 0 Å². The monoisotopic (exact) mass is 476 g/mol. The lowest BCUT2D eigenvalue weighted by Gasteiger charge is -2.35. The van der Waals surface area contributed by atoms with Gasteiger partial charge in [-0.15, -0.1) is 0 Å². The molecule has 2 heterocycles. The van der Waals surface area contributed by atoms with Gasteiger partial charge in [-0.3, -0.25) is 19.2 Å². The van der Waals surface area contributed by atoms with Gasteiger partial charge in [0.2, 0.25) is 0 Å². The third kappa shape index (κ3) is 2.89. The summed E-state index contributed by atoms with van der Waals surface area (Å²) in [5.41, 5.74) is -4.38. The minimum atomic E-state index is -1.06. The third-order valence-electron chi connectivity index (χ3n) is 10.6. The molecule has 4 fully saturated rings. The molecule has 4 rings (SSSR count). The molecule has 0 aromatic heterocycles. The number of unbranched alkanes of at least 4 members (excludes halogenated alkanes) is 3. The van der Waals surface area contributed by atoms with E-state index in [9.17, 15) is 19.2 Å². The molecule has 4 aliphatic rings. The fourth-order valence-corrected chi connectivity index (χ4v) is 6.79. The standard InChI is InChI=1S/C26H40N2O6/c1-21(2)23(5)11-13-25(21,33-19(23)31)17(29)27-15-9-7-8-10-16-28-18(30)26-14-12-24(6,20(32)34-26)22(26,3)4/h7-16H2,1-6H3,(H,27,29)(H,28,30). The van der Waals surface area contributed by atoms with Crippen LogP contribution in [-0.2, 0) is 28.7 Å². The fraction of sp³-hybridized carbons (Fsp3) is 0.846. The SMILES string of the molecule is CC12CCC(C(=O)NCCCCCCNC(=O)C34CCC(C)(C(=O)O3)C4(C)C)(OC1=O)C2(C)C. The Morgan fingerprint density at radius 3 is 1.26 bits per heavy atom. The average Bonchev–Trinajstić information content (AvgIpc) is 3.23. The number of hydrogen-bond donors (Lipinski definition) is 2. The molecule has 2 N–H and O–H groups in total. The van der Waals surface area contributed by atoms with E-state index < -0.39 is 32.9 Å². The number of amides is 2. The smallest absolute Gasteiger partial charge is 0.313 e. The quantitative estimate of drug-likeness (QED) is 0.391. The molecule has 0 spiro atoms. The molecule has 2 aliphatic carbocycles. The molecule has 4 bridgehead atoms. The zero-order valence-corrected chi connectivity index (χ0v) is 21.5. The highest BCUT2D eigenvalue weighted by Crippen LogP contribution is 2.66. The van der Waals surface area contributed by atoms with Crippen molar-refractivity contribution in [3.05, 3.63) is 0 Å². The number of nitrogens with one attached hydrogen (secondary N) is 2. The van der Waals surface area contributed by atoms with Crippen molar-refractivity contribution in [2.75, 3.05) is 13.1 Å². The molecular weight excluding hydrogens is 436 g/mol. The van der Waals surface area contributed by atoms with Crippen LogP contribution in [0, 0.1) is 21.7 Å². The van der Waals surface area contributed by atoms with Gasteiger partial charge in [-0.05, 0) is 52.4 Å². The van der Waals surface area contributed by atoms with Gasteiger partial charge < -0.3 is 20.1 Å². The second-order valence-corrected chi connectivity index (χ2v) is 12.3. The molecular formula is C26H40N2O6. The molecule has 8 heteroatoms. The molecule has 2 saturated heterocycles. The Labute approximate surface area is 202 Å². The number of ether oxygens (including phenoxy) is 2. The molecule has 0 aromatic rings. The minimum absolute atomic E-state index is 0.184. The van der Waals surface area contributed by atoms with Crippen molar-refractivity contribution in [1.29, 1.82) is 0 Å². The van der Waals surface area contributed by atoms with Crippen LogP contribution >= 0.6 is 0 Å². The fourth-order valence-electron chi connectivity index (χ4n) is 6.79. The van der Waals surface area contributed by atoms with E-state index in [4.69, 9.17) is 9.47 Å². The van der Waals surface area contributed by atoms with Crippen LogP contribution in [0.3, 0.4) is 0 Å². The first-order chi connectivity index (χ1) is 15.7. The topological polar surface area (TPSA) is 111 Å². The molecule has 4 unspecified atom stereocenters. The van der Waals surface area contributed by atoms with Gasteiger partial charge in [0, 0.05) is 23.9 Å².